The Labute approximate surface area is 124 Å². The van der Waals surface area contributed by atoms with E-state index in [1.54, 1.807) is 0 Å². The molecule has 0 spiro atoms. The van der Waals surface area contributed by atoms with Crippen LogP contribution in [0, 0.1) is 21.7 Å². The number of pyridine rings is 1. The number of hydrogen-bond donors (Lipinski definition) is 2. The Morgan fingerprint density at radius 3 is 2.77 bits per heavy atom. The Kier molecular flexibility index (Phi) is 4.32. The van der Waals surface area contributed by atoms with Crippen molar-refractivity contribution in [1.29, 1.82) is 0 Å². The van der Waals surface area contributed by atoms with Crippen LogP contribution >= 0.6 is 0 Å². The third-order valence-electron chi connectivity index (χ3n) is 3.13. The molecule has 6 nitrogen and oxygen atoms in total. The zero-order valence-corrected chi connectivity index (χ0v) is 11.6. The zero-order chi connectivity index (χ0) is 16.3. The fraction of sp³-hybridized carbons (Fsp3) is 0.214. The Morgan fingerprint density at radius 1 is 1.41 bits per heavy atom. The molecule has 0 unspecified atom stereocenters. The lowest BCUT2D eigenvalue weighted by Crippen LogP contribution is -2.32. The van der Waals surface area contributed by atoms with Crippen LogP contribution in [0.5, 0.6) is 0 Å². The van der Waals surface area contributed by atoms with Gasteiger partial charge in [-0.3, -0.25) is 15.1 Å². The summed E-state index contributed by atoms with van der Waals surface area (Å²) in [5.41, 5.74) is -1.92. The Balaban J connectivity index is 2.21. The van der Waals surface area contributed by atoms with Gasteiger partial charge in [-0.15, -0.1) is 0 Å². The van der Waals surface area contributed by atoms with E-state index in [4.69, 9.17) is 0 Å². The van der Waals surface area contributed by atoms with Crippen molar-refractivity contribution >= 4 is 11.4 Å². The number of anilines is 1. The summed E-state index contributed by atoms with van der Waals surface area (Å²) in [5.74, 6) is -1.65. The molecule has 1 atom stereocenters. The number of halogens is 2. The zero-order valence-electron chi connectivity index (χ0n) is 11.6. The lowest BCUT2D eigenvalue weighted by molar-refractivity contribution is -0.384. The lowest BCUT2D eigenvalue weighted by Gasteiger charge is -2.25. The Morgan fingerprint density at radius 2 is 2.14 bits per heavy atom. The molecule has 22 heavy (non-hydrogen) atoms. The van der Waals surface area contributed by atoms with Crippen molar-refractivity contribution in [3.05, 3.63) is 64.0 Å². The van der Waals surface area contributed by atoms with Crippen molar-refractivity contribution in [3.8, 4) is 0 Å². The molecule has 0 bridgehead atoms. The molecule has 2 rings (SSSR count). The second-order valence-electron chi connectivity index (χ2n) is 4.90. The van der Waals surface area contributed by atoms with Gasteiger partial charge in [0.15, 0.2) is 0 Å². The topological polar surface area (TPSA) is 88.3 Å². The largest absolute Gasteiger partial charge is 0.383 e. The third kappa shape index (κ3) is 3.34. The number of nitrogens with one attached hydrogen (secondary N) is 1. The van der Waals surface area contributed by atoms with Crippen molar-refractivity contribution in [2.75, 3.05) is 11.9 Å². The van der Waals surface area contributed by atoms with E-state index in [1.807, 2.05) is 0 Å². The molecule has 1 aromatic carbocycles. The van der Waals surface area contributed by atoms with Gasteiger partial charge >= 0.3 is 5.69 Å². The summed E-state index contributed by atoms with van der Waals surface area (Å²) in [4.78, 5) is 13.9. The molecule has 0 aliphatic carbocycles. The predicted molar refractivity (Wildman–Crippen MR) is 75.3 cm³/mol. The van der Waals surface area contributed by atoms with E-state index in [0.29, 0.717) is 6.07 Å². The van der Waals surface area contributed by atoms with Crippen LogP contribution in [0.4, 0.5) is 20.2 Å². The van der Waals surface area contributed by atoms with Crippen molar-refractivity contribution < 1.29 is 18.8 Å². The molecule has 0 aliphatic rings. The average molecular weight is 309 g/mol. The smallest absolute Gasteiger partial charge is 0.310 e. The van der Waals surface area contributed by atoms with E-state index in [9.17, 15) is 24.0 Å². The number of aliphatic hydroxyl groups is 1. The highest BCUT2D eigenvalue weighted by atomic mass is 19.1. The number of benzene rings is 1. The monoisotopic (exact) mass is 309 g/mol. The van der Waals surface area contributed by atoms with Crippen molar-refractivity contribution in [2.24, 2.45) is 0 Å². The third-order valence-corrected chi connectivity index (χ3v) is 3.13. The average Bonchev–Trinajstić information content (AvgIpc) is 2.45. The summed E-state index contributed by atoms with van der Waals surface area (Å²) in [6.45, 7) is 1.11. The molecule has 0 saturated carbocycles. The summed E-state index contributed by atoms with van der Waals surface area (Å²) >= 11 is 0. The maximum atomic E-state index is 13.7. The molecular weight excluding hydrogens is 296 g/mol. The van der Waals surface area contributed by atoms with Crippen molar-refractivity contribution in [1.82, 2.24) is 4.98 Å². The SMILES string of the molecule is C[C@](O)(CNc1ccncc1[N+](=O)[O-])c1ccc(F)cc1F. The standard InChI is InChI=1S/C14H13F2N3O3/c1-14(20,10-3-2-9(15)6-11(10)16)8-18-12-4-5-17-7-13(12)19(21)22/h2-7,20H,8H2,1H3,(H,17,18)/t14-/m0/s1. The van der Waals surface area contributed by atoms with Gasteiger partial charge in [-0.1, -0.05) is 6.07 Å². The fourth-order valence-corrected chi connectivity index (χ4v) is 1.97. The van der Waals surface area contributed by atoms with Crippen LogP contribution in [-0.2, 0) is 5.60 Å². The van der Waals surface area contributed by atoms with Crippen LogP contribution in [-0.4, -0.2) is 21.6 Å². The second-order valence-corrected chi connectivity index (χ2v) is 4.90. The summed E-state index contributed by atoms with van der Waals surface area (Å²) in [7, 11) is 0. The van der Waals surface area contributed by atoms with Gasteiger partial charge in [0.05, 0.1) is 4.92 Å². The Hall–Kier alpha value is -2.61. The fourth-order valence-electron chi connectivity index (χ4n) is 1.97. The summed E-state index contributed by atoms with van der Waals surface area (Å²) in [5, 5.41) is 23.9. The van der Waals surface area contributed by atoms with Gasteiger partial charge in [0.1, 0.15) is 29.1 Å². The van der Waals surface area contributed by atoms with Gasteiger partial charge in [0.2, 0.25) is 0 Å². The minimum absolute atomic E-state index is 0.113. The van der Waals surface area contributed by atoms with Gasteiger partial charge in [-0.25, -0.2) is 8.78 Å². The quantitative estimate of drug-likeness (QED) is 0.654. The first-order chi connectivity index (χ1) is 10.3. The number of aromatic nitrogens is 1. The number of rotatable bonds is 5. The van der Waals surface area contributed by atoms with Gasteiger partial charge in [-0.2, -0.15) is 0 Å². The molecule has 0 saturated heterocycles. The summed E-state index contributed by atoms with van der Waals surface area (Å²) < 4.78 is 26.6. The molecule has 0 amide bonds. The van der Waals surface area contributed by atoms with E-state index in [2.05, 4.69) is 10.3 Å². The van der Waals surface area contributed by atoms with Crippen molar-refractivity contribution in [3.63, 3.8) is 0 Å². The highest BCUT2D eigenvalue weighted by molar-refractivity contribution is 5.59. The summed E-state index contributed by atoms with van der Waals surface area (Å²) in [6.07, 6.45) is 2.41. The van der Waals surface area contributed by atoms with Gasteiger partial charge in [-0.05, 0) is 19.1 Å². The first-order valence-corrected chi connectivity index (χ1v) is 6.31. The van der Waals surface area contributed by atoms with Crippen molar-refractivity contribution in [2.45, 2.75) is 12.5 Å². The van der Waals surface area contributed by atoms with Gasteiger partial charge in [0, 0.05) is 24.4 Å². The first kappa shape index (κ1) is 15.8. The minimum atomic E-state index is -1.69. The maximum Gasteiger partial charge on any atom is 0.310 e. The van der Waals surface area contributed by atoms with E-state index in [1.165, 1.54) is 19.2 Å². The van der Waals surface area contributed by atoms with Crippen LogP contribution < -0.4 is 5.32 Å². The van der Waals surface area contributed by atoms with E-state index < -0.39 is 22.2 Å². The van der Waals surface area contributed by atoms with E-state index >= 15 is 0 Å². The van der Waals surface area contributed by atoms with Crippen LogP contribution in [0.3, 0.4) is 0 Å². The predicted octanol–water partition coefficient (Wildman–Crippen LogP) is 2.59. The molecule has 1 heterocycles. The minimum Gasteiger partial charge on any atom is -0.383 e. The normalized spacial score (nSPS) is 13.5. The molecule has 8 heteroatoms. The molecule has 2 aromatic rings. The van der Waals surface area contributed by atoms with Crippen LogP contribution in [0.1, 0.15) is 12.5 Å². The van der Waals surface area contributed by atoms with E-state index in [0.717, 1.165) is 18.3 Å². The first-order valence-electron chi connectivity index (χ1n) is 6.31. The van der Waals surface area contributed by atoms with E-state index in [-0.39, 0.29) is 23.5 Å². The number of nitro groups is 1. The molecule has 0 aliphatic heterocycles. The summed E-state index contributed by atoms with van der Waals surface area (Å²) in [6, 6.07) is 4.20. The lowest BCUT2D eigenvalue weighted by atomic mass is 9.95. The molecule has 0 fully saturated rings. The highest BCUT2D eigenvalue weighted by Gasteiger charge is 2.27. The van der Waals surface area contributed by atoms with Crippen LogP contribution in [0.25, 0.3) is 0 Å². The maximum absolute atomic E-state index is 13.7. The molecule has 2 N–H and O–H groups in total. The van der Waals surface area contributed by atoms with Crippen LogP contribution in [0.15, 0.2) is 36.7 Å². The van der Waals surface area contributed by atoms with Gasteiger partial charge < -0.3 is 10.4 Å². The Bertz CT molecular complexity index is 707. The molecule has 1 aromatic heterocycles. The molecule has 0 radical (unpaired) electrons. The molecule has 116 valence electrons. The number of nitrogens with zero attached hydrogens (tertiary/aromatic N) is 2. The van der Waals surface area contributed by atoms with Crippen LogP contribution in [0.2, 0.25) is 0 Å². The highest BCUT2D eigenvalue weighted by Crippen LogP contribution is 2.27. The molecular formula is C14H13F2N3O3. The second kappa shape index (κ2) is 6.02. The number of hydrogen-bond acceptors (Lipinski definition) is 5. The van der Waals surface area contributed by atoms with Gasteiger partial charge in [0.25, 0.3) is 0 Å².